The van der Waals surface area contributed by atoms with Gasteiger partial charge in [-0.25, -0.2) is 4.68 Å². The molecule has 0 spiro atoms. The number of hydrogen-bond acceptors (Lipinski definition) is 4. The van der Waals surface area contributed by atoms with Crippen LogP contribution >= 0.6 is 0 Å². The molecule has 4 rings (SSSR count). The van der Waals surface area contributed by atoms with Crippen molar-refractivity contribution in [3.8, 4) is 5.69 Å². The van der Waals surface area contributed by atoms with Crippen LogP contribution in [0.2, 0.25) is 0 Å². The molecule has 0 aliphatic heterocycles. The molecule has 2 heterocycles. The van der Waals surface area contributed by atoms with Crippen LogP contribution < -0.4 is 0 Å². The molecule has 0 unspecified atom stereocenters. The standard InChI is InChI=1S/C19H21N5/c1-15-9-21-17(11-20-15)14-23(18-7-8-18)12-16-10-22-24(13-16)19-5-3-2-4-6-19/h2-6,9-11,13,18H,7-8,12,14H2,1H3. The van der Waals surface area contributed by atoms with E-state index in [0.717, 1.165) is 30.2 Å². The first kappa shape index (κ1) is 15.0. The first-order valence-corrected chi connectivity index (χ1v) is 8.38. The Bertz CT molecular complexity index is 790. The van der Waals surface area contributed by atoms with E-state index in [0.29, 0.717) is 6.04 Å². The minimum Gasteiger partial charge on any atom is -0.290 e. The lowest BCUT2D eigenvalue weighted by Gasteiger charge is -2.20. The molecule has 3 aromatic rings. The lowest BCUT2D eigenvalue weighted by molar-refractivity contribution is 0.242. The molecule has 0 atom stereocenters. The molecule has 0 radical (unpaired) electrons. The highest BCUT2D eigenvalue weighted by Gasteiger charge is 2.29. The molecule has 1 saturated carbocycles. The van der Waals surface area contributed by atoms with E-state index in [2.05, 4.69) is 38.3 Å². The van der Waals surface area contributed by atoms with Gasteiger partial charge in [0.05, 0.1) is 23.3 Å². The van der Waals surface area contributed by atoms with Gasteiger partial charge in [-0.1, -0.05) is 18.2 Å². The topological polar surface area (TPSA) is 46.8 Å². The number of nitrogens with zero attached hydrogens (tertiary/aromatic N) is 5. The molecule has 0 amide bonds. The molecule has 1 aliphatic carbocycles. The molecule has 0 N–H and O–H groups in total. The fourth-order valence-electron chi connectivity index (χ4n) is 2.86. The number of hydrogen-bond donors (Lipinski definition) is 0. The summed E-state index contributed by atoms with van der Waals surface area (Å²) in [5.41, 5.74) is 4.31. The number of para-hydroxylation sites is 1. The Balaban J connectivity index is 1.47. The molecular formula is C19H21N5. The Morgan fingerprint density at radius 1 is 1.04 bits per heavy atom. The van der Waals surface area contributed by atoms with Gasteiger partial charge in [0.2, 0.25) is 0 Å². The largest absolute Gasteiger partial charge is 0.290 e. The maximum absolute atomic E-state index is 4.50. The van der Waals surface area contributed by atoms with Crippen molar-refractivity contribution < 1.29 is 0 Å². The highest BCUT2D eigenvalue weighted by atomic mass is 15.3. The summed E-state index contributed by atoms with van der Waals surface area (Å²) in [4.78, 5) is 11.3. The second kappa shape index (κ2) is 6.53. The van der Waals surface area contributed by atoms with Gasteiger partial charge < -0.3 is 0 Å². The molecule has 1 fully saturated rings. The Labute approximate surface area is 142 Å². The van der Waals surface area contributed by atoms with Crippen LogP contribution in [0.15, 0.2) is 55.1 Å². The second-order valence-electron chi connectivity index (χ2n) is 6.41. The summed E-state index contributed by atoms with van der Waals surface area (Å²) < 4.78 is 1.94. The van der Waals surface area contributed by atoms with E-state index in [9.17, 15) is 0 Å². The first-order chi connectivity index (χ1) is 11.8. The predicted molar refractivity (Wildman–Crippen MR) is 92.6 cm³/mol. The van der Waals surface area contributed by atoms with Crippen LogP contribution in [0.5, 0.6) is 0 Å². The van der Waals surface area contributed by atoms with E-state index in [1.54, 1.807) is 0 Å². The van der Waals surface area contributed by atoms with Crippen molar-refractivity contribution in [2.24, 2.45) is 0 Å². The molecule has 1 aromatic carbocycles. The van der Waals surface area contributed by atoms with Crippen molar-refractivity contribution in [3.63, 3.8) is 0 Å². The van der Waals surface area contributed by atoms with Crippen LogP contribution in [0, 0.1) is 6.92 Å². The Hall–Kier alpha value is -2.53. The number of benzene rings is 1. The smallest absolute Gasteiger partial charge is 0.0727 e. The Morgan fingerprint density at radius 3 is 2.58 bits per heavy atom. The highest BCUT2D eigenvalue weighted by molar-refractivity contribution is 5.30. The quantitative estimate of drug-likeness (QED) is 0.700. The molecule has 0 saturated heterocycles. The van der Waals surface area contributed by atoms with Crippen LogP contribution in [0.4, 0.5) is 0 Å². The molecule has 0 bridgehead atoms. The maximum atomic E-state index is 4.50. The third kappa shape index (κ3) is 3.51. The predicted octanol–water partition coefficient (Wildman–Crippen LogP) is 3.14. The summed E-state index contributed by atoms with van der Waals surface area (Å²) in [6.45, 7) is 3.70. The van der Waals surface area contributed by atoms with Crippen molar-refractivity contribution in [1.82, 2.24) is 24.6 Å². The monoisotopic (exact) mass is 319 g/mol. The lowest BCUT2D eigenvalue weighted by atomic mass is 10.3. The zero-order chi connectivity index (χ0) is 16.4. The van der Waals surface area contributed by atoms with Crippen LogP contribution in [0.1, 0.15) is 29.8 Å². The maximum Gasteiger partial charge on any atom is 0.0727 e. The minimum atomic E-state index is 0.660. The lowest BCUT2D eigenvalue weighted by Crippen LogP contribution is -2.25. The summed E-state index contributed by atoms with van der Waals surface area (Å²) in [5.74, 6) is 0. The third-order valence-electron chi connectivity index (χ3n) is 4.31. The van der Waals surface area contributed by atoms with E-state index >= 15 is 0 Å². The molecule has 24 heavy (non-hydrogen) atoms. The van der Waals surface area contributed by atoms with Gasteiger partial charge in [0.1, 0.15) is 0 Å². The van der Waals surface area contributed by atoms with Crippen LogP contribution in [-0.4, -0.2) is 30.7 Å². The molecule has 5 heteroatoms. The van der Waals surface area contributed by atoms with Crippen molar-refractivity contribution in [2.45, 2.75) is 38.9 Å². The Kier molecular flexibility index (Phi) is 4.09. The van der Waals surface area contributed by atoms with E-state index in [4.69, 9.17) is 0 Å². The summed E-state index contributed by atoms with van der Waals surface area (Å²) >= 11 is 0. The average Bonchev–Trinajstić information content (AvgIpc) is 3.36. The van der Waals surface area contributed by atoms with Gasteiger partial charge in [-0.05, 0) is 31.9 Å². The molecular weight excluding hydrogens is 298 g/mol. The van der Waals surface area contributed by atoms with Gasteiger partial charge in [-0.3, -0.25) is 14.9 Å². The van der Waals surface area contributed by atoms with Gasteiger partial charge >= 0.3 is 0 Å². The summed E-state index contributed by atoms with van der Waals surface area (Å²) in [5, 5.41) is 4.50. The highest BCUT2D eigenvalue weighted by Crippen LogP contribution is 2.29. The van der Waals surface area contributed by atoms with Crippen molar-refractivity contribution >= 4 is 0 Å². The van der Waals surface area contributed by atoms with E-state index < -0.39 is 0 Å². The van der Waals surface area contributed by atoms with Crippen molar-refractivity contribution in [3.05, 3.63) is 72.1 Å². The third-order valence-corrected chi connectivity index (χ3v) is 4.31. The molecule has 5 nitrogen and oxygen atoms in total. The van der Waals surface area contributed by atoms with Crippen LogP contribution in [-0.2, 0) is 13.1 Å². The van der Waals surface area contributed by atoms with Gasteiger partial charge in [0, 0.05) is 43.3 Å². The SMILES string of the molecule is Cc1cnc(CN(Cc2cnn(-c3ccccc3)c2)C2CC2)cn1. The molecule has 1 aliphatic rings. The van der Waals surface area contributed by atoms with Gasteiger partial charge in [0.25, 0.3) is 0 Å². The van der Waals surface area contributed by atoms with E-state index in [-0.39, 0.29) is 0 Å². The molecule has 122 valence electrons. The second-order valence-corrected chi connectivity index (χ2v) is 6.41. The minimum absolute atomic E-state index is 0.660. The number of aromatic nitrogens is 4. The fourth-order valence-corrected chi connectivity index (χ4v) is 2.86. The summed E-state index contributed by atoms with van der Waals surface area (Å²) in [6.07, 6.45) is 10.3. The summed E-state index contributed by atoms with van der Waals surface area (Å²) in [7, 11) is 0. The van der Waals surface area contributed by atoms with Crippen molar-refractivity contribution in [2.75, 3.05) is 0 Å². The normalized spacial score (nSPS) is 14.2. The van der Waals surface area contributed by atoms with Gasteiger partial charge in [0.15, 0.2) is 0 Å². The Morgan fingerprint density at radius 2 is 1.88 bits per heavy atom. The summed E-state index contributed by atoms with van der Waals surface area (Å²) in [6, 6.07) is 10.9. The number of aryl methyl sites for hydroxylation is 1. The van der Waals surface area contributed by atoms with Crippen LogP contribution in [0.3, 0.4) is 0 Å². The molecule has 2 aromatic heterocycles. The van der Waals surface area contributed by atoms with E-state index in [1.807, 2.05) is 48.4 Å². The van der Waals surface area contributed by atoms with Crippen molar-refractivity contribution in [1.29, 1.82) is 0 Å². The fraction of sp³-hybridized carbons (Fsp3) is 0.316. The van der Waals surface area contributed by atoms with Gasteiger partial charge in [-0.15, -0.1) is 0 Å². The zero-order valence-corrected chi connectivity index (χ0v) is 13.8. The van der Waals surface area contributed by atoms with E-state index in [1.165, 1.54) is 18.4 Å². The first-order valence-electron chi connectivity index (χ1n) is 8.38. The zero-order valence-electron chi connectivity index (χ0n) is 13.8. The number of rotatable bonds is 6. The van der Waals surface area contributed by atoms with Gasteiger partial charge in [-0.2, -0.15) is 5.10 Å². The average molecular weight is 319 g/mol. The van der Waals surface area contributed by atoms with Crippen LogP contribution in [0.25, 0.3) is 5.69 Å².